The smallest absolute Gasteiger partial charge is 0.407 e. The van der Waals surface area contributed by atoms with E-state index in [1.807, 2.05) is 0 Å². The second-order valence-corrected chi connectivity index (χ2v) is 10.4. The first-order chi connectivity index (χ1) is 12.5. The lowest BCUT2D eigenvalue weighted by Gasteiger charge is -2.35. The van der Waals surface area contributed by atoms with Gasteiger partial charge in [0.05, 0.1) is 5.75 Å². The van der Waals surface area contributed by atoms with Crippen molar-refractivity contribution >= 4 is 39.3 Å². The van der Waals surface area contributed by atoms with Gasteiger partial charge in [0.2, 0.25) is 10.0 Å². The van der Waals surface area contributed by atoms with Crippen molar-refractivity contribution in [3.63, 3.8) is 0 Å². The van der Waals surface area contributed by atoms with Crippen molar-refractivity contribution in [1.82, 2.24) is 9.62 Å². The average Bonchev–Trinajstić information content (AvgIpc) is 2.55. The van der Waals surface area contributed by atoms with Gasteiger partial charge in [-0.2, -0.15) is 4.31 Å². The minimum absolute atomic E-state index is 0.206. The summed E-state index contributed by atoms with van der Waals surface area (Å²) in [6.45, 7) is 5.95. The van der Waals surface area contributed by atoms with Crippen molar-refractivity contribution in [2.24, 2.45) is 0 Å². The number of benzene rings is 1. The molecule has 0 unspecified atom stereocenters. The molecule has 1 atom stereocenters. The molecule has 0 aromatic heterocycles. The Morgan fingerprint density at radius 1 is 1.30 bits per heavy atom. The van der Waals surface area contributed by atoms with E-state index in [1.54, 1.807) is 39.0 Å². The molecule has 152 valence electrons. The van der Waals surface area contributed by atoms with Crippen molar-refractivity contribution < 1.29 is 17.9 Å². The van der Waals surface area contributed by atoms with Crippen LogP contribution in [0.4, 0.5) is 4.79 Å². The predicted octanol–water partition coefficient (Wildman–Crippen LogP) is 4.20. The Balaban J connectivity index is 2.08. The number of halogens is 2. The maximum absolute atomic E-state index is 13.0. The summed E-state index contributed by atoms with van der Waals surface area (Å²) < 4.78 is 32.7. The molecule has 0 aliphatic carbocycles. The zero-order valence-corrected chi connectivity index (χ0v) is 18.1. The van der Waals surface area contributed by atoms with Crippen LogP contribution in [0.3, 0.4) is 0 Å². The Bertz CT molecular complexity index is 778. The largest absolute Gasteiger partial charge is 0.444 e. The minimum Gasteiger partial charge on any atom is -0.444 e. The number of hydrogen-bond donors (Lipinski definition) is 1. The van der Waals surface area contributed by atoms with Gasteiger partial charge in [-0.05, 0) is 57.4 Å². The SMILES string of the molecule is CC(C)(C)OC(=O)NC[C@H]1CCCCN1S(=O)(=O)Cc1cc(Cl)ccc1Cl. The molecule has 2 rings (SSSR count). The quantitative estimate of drug-likeness (QED) is 0.749. The van der Waals surface area contributed by atoms with E-state index in [2.05, 4.69) is 5.32 Å². The molecule has 1 aliphatic rings. The number of carbonyl (C=O) groups is 1. The highest BCUT2D eigenvalue weighted by Crippen LogP contribution is 2.27. The van der Waals surface area contributed by atoms with Crippen molar-refractivity contribution in [2.45, 2.75) is 57.4 Å². The first-order valence-electron chi connectivity index (χ1n) is 8.88. The lowest BCUT2D eigenvalue weighted by atomic mass is 10.1. The van der Waals surface area contributed by atoms with Gasteiger partial charge in [-0.15, -0.1) is 0 Å². The fourth-order valence-corrected chi connectivity index (χ4v) is 5.29. The van der Waals surface area contributed by atoms with Gasteiger partial charge >= 0.3 is 6.09 Å². The molecule has 1 heterocycles. The van der Waals surface area contributed by atoms with Crippen molar-refractivity contribution in [3.05, 3.63) is 33.8 Å². The van der Waals surface area contributed by atoms with Crippen LogP contribution in [0.1, 0.15) is 45.6 Å². The van der Waals surface area contributed by atoms with E-state index in [1.165, 1.54) is 4.31 Å². The summed E-state index contributed by atoms with van der Waals surface area (Å²) >= 11 is 12.1. The number of sulfonamides is 1. The highest BCUT2D eigenvalue weighted by atomic mass is 35.5. The van der Waals surface area contributed by atoms with Gasteiger partial charge in [0.15, 0.2) is 0 Å². The summed E-state index contributed by atoms with van der Waals surface area (Å²) in [5, 5.41) is 3.48. The van der Waals surface area contributed by atoms with Crippen LogP contribution >= 0.6 is 23.2 Å². The Labute approximate surface area is 171 Å². The highest BCUT2D eigenvalue weighted by molar-refractivity contribution is 7.88. The van der Waals surface area contributed by atoms with E-state index in [4.69, 9.17) is 27.9 Å². The monoisotopic (exact) mass is 436 g/mol. The van der Waals surface area contributed by atoms with Gasteiger partial charge in [-0.1, -0.05) is 29.6 Å². The molecule has 6 nitrogen and oxygen atoms in total. The van der Waals surface area contributed by atoms with Gasteiger partial charge in [0.1, 0.15) is 5.60 Å². The van der Waals surface area contributed by atoms with E-state index in [-0.39, 0.29) is 18.3 Å². The second-order valence-electron chi connectivity index (χ2n) is 7.64. The summed E-state index contributed by atoms with van der Waals surface area (Å²) in [6, 6.07) is 4.47. The second kappa shape index (κ2) is 8.99. The van der Waals surface area contributed by atoms with Crippen LogP contribution in [0.25, 0.3) is 0 Å². The summed E-state index contributed by atoms with van der Waals surface area (Å²) in [7, 11) is -3.61. The first kappa shape index (κ1) is 22.3. The van der Waals surface area contributed by atoms with Crippen molar-refractivity contribution in [1.29, 1.82) is 0 Å². The van der Waals surface area contributed by atoms with Crippen LogP contribution in [0, 0.1) is 0 Å². The highest BCUT2D eigenvalue weighted by Gasteiger charge is 2.33. The van der Waals surface area contributed by atoms with Crippen LogP contribution < -0.4 is 5.32 Å². The van der Waals surface area contributed by atoms with Gasteiger partial charge < -0.3 is 10.1 Å². The van der Waals surface area contributed by atoms with Crippen LogP contribution in [0.5, 0.6) is 0 Å². The number of ether oxygens (including phenoxy) is 1. The maximum atomic E-state index is 13.0. The normalized spacial score (nSPS) is 18.9. The predicted molar refractivity (Wildman–Crippen MR) is 108 cm³/mol. The van der Waals surface area contributed by atoms with E-state index in [0.717, 1.165) is 12.8 Å². The standard InChI is InChI=1S/C18H26Cl2N2O4S/c1-18(2,3)26-17(23)21-11-15-6-4-5-9-22(15)27(24,25)12-13-10-14(19)7-8-16(13)20/h7-8,10,15H,4-6,9,11-12H2,1-3H3,(H,21,23)/t15-/m1/s1. The van der Waals surface area contributed by atoms with Crippen LogP contribution in [-0.2, 0) is 20.5 Å². The number of carbonyl (C=O) groups excluding carboxylic acids is 1. The summed E-state index contributed by atoms with van der Waals surface area (Å²) in [6.07, 6.45) is 1.82. The molecular formula is C18H26Cl2N2O4S. The molecule has 27 heavy (non-hydrogen) atoms. The molecule has 0 saturated carbocycles. The van der Waals surface area contributed by atoms with Gasteiger partial charge in [0, 0.05) is 29.2 Å². The number of piperidine rings is 1. The molecular weight excluding hydrogens is 411 g/mol. The van der Waals surface area contributed by atoms with E-state index >= 15 is 0 Å². The zero-order chi connectivity index (χ0) is 20.2. The number of hydrogen-bond acceptors (Lipinski definition) is 4. The summed E-state index contributed by atoms with van der Waals surface area (Å²) in [4.78, 5) is 11.9. The lowest BCUT2D eigenvalue weighted by molar-refractivity contribution is 0.0512. The van der Waals surface area contributed by atoms with Crippen molar-refractivity contribution in [3.8, 4) is 0 Å². The van der Waals surface area contributed by atoms with Crippen LogP contribution in [-0.4, -0.2) is 43.5 Å². The molecule has 1 N–H and O–H groups in total. The van der Waals surface area contributed by atoms with Gasteiger partial charge in [-0.25, -0.2) is 13.2 Å². The molecule has 1 aromatic rings. The van der Waals surface area contributed by atoms with Crippen molar-refractivity contribution in [2.75, 3.05) is 13.1 Å². The summed E-state index contributed by atoms with van der Waals surface area (Å²) in [5.41, 5.74) is -0.139. The molecule has 1 saturated heterocycles. The Hall–Kier alpha value is -1.02. The molecule has 1 amide bonds. The minimum atomic E-state index is -3.61. The van der Waals surface area contributed by atoms with Crippen LogP contribution in [0.15, 0.2) is 18.2 Å². The first-order valence-corrected chi connectivity index (χ1v) is 11.2. The molecule has 1 aromatic carbocycles. The number of amides is 1. The lowest BCUT2D eigenvalue weighted by Crippen LogP contribution is -2.50. The number of nitrogens with zero attached hydrogens (tertiary/aromatic N) is 1. The molecule has 0 radical (unpaired) electrons. The van der Waals surface area contributed by atoms with E-state index in [9.17, 15) is 13.2 Å². The fraction of sp³-hybridized carbons (Fsp3) is 0.611. The van der Waals surface area contributed by atoms with E-state index in [0.29, 0.717) is 28.6 Å². The topological polar surface area (TPSA) is 75.7 Å². The number of alkyl carbamates (subject to hydrolysis) is 1. The molecule has 0 spiro atoms. The van der Waals surface area contributed by atoms with E-state index < -0.39 is 21.7 Å². The molecule has 9 heteroatoms. The zero-order valence-electron chi connectivity index (χ0n) is 15.8. The third kappa shape index (κ3) is 6.82. The number of rotatable bonds is 5. The third-order valence-corrected chi connectivity index (χ3v) is 6.63. The maximum Gasteiger partial charge on any atom is 0.407 e. The molecule has 0 bridgehead atoms. The Morgan fingerprint density at radius 2 is 2.00 bits per heavy atom. The molecule has 1 aliphatic heterocycles. The van der Waals surface area contributed by atoms with Gasteiger partial charge in [-0.3, -0.25) is 0 Å². The Kier molecular flexibility index (Phi) is 7.41. The Morgan fingerprint density at radius 3 is 2.67 bits per heavy atom. The fourth-order valence-electron chi connectivity index (χ4n) is 2.99. The third-order valence-electron chi connectivity index (χ3n) is 4.16. The number of nitrogens with one attached hydrogen (secondary N) is 1. The van der Waals surface area contributed by atoms with Crippen LogP contribution in [0.2, 0.25) is 10.0 Å². The summed E-state index contributed by atoms with van der Waals surface area (Å²) in [5.74, 6) is -0.227. The van der Waals surface area contributed by atoms with Gasteiger partial charge in [0.25, 0.3) is 0 Å². The molecule has 1 fully saturated rings. The average molecular weight is 437 g/mol.